The molecule has 86 valence electrons. The van der Waals surface area contributed by atoms with E-state index in [1.54, 1.807) is 23.1 Å². The molecule has 3 rings (SSSR count). The highest BCUT2D eigenvalue weighted by Crippen LogP contribution is 2.50. The Hall–Kier alpha value is -1.22. The zero-order chi connectivity index (χ0) is 12.0. The lowest BCUT2D eigenvalue weighted by Crippen LogP contribution is -2.34. The van der Waals surface area contributed by atoms with Crippen molar-refractivity contribution in [3.8, 4) is 0 Å². The summed E-state index contributed by atoms with van der Waals surface area (Å²) in [7, 11) is 0. The molecule has 1 atom stereocenters. The summed E-state index contributed by atoms with van der Waals surface area (Å²) in [5, 5.41) is 11.1. The Morgan fingerprint density at radius 3 is 2.29 bits per heavy atom. The molecule has 0 saturated carbocycles. The Balaban J connectivity index is 2.14. The highest BCUT2D eigenvalue weighted by atomic mass is 35.5. The maximum absolute atomic E-state index is 10.1. The Kier molecular flexibility index (Phi) is 2.51. The second-order valence-corrected chi connectivity index (χ2v) is 4.69. The Labute approximate surface area is 109 Å². The van der Waals surface area contributed by atoms with Crippen LogP contribution in [0.4, 0.5) is 11.4 Å². The molecule has 0 aromatic heterocycles. The van der Waals surface area contributed by atoms with Crippen LogP contribution in [-0.4, -0.2) is 5.11 Å². The first-order chi connectivity index (χ1) is 8.20. The van der Waals surface area contributed by atoms with Gasteiger partial charge in [0.25, 0.3) is 0 Å². The van der Waals surface area contributed by atoms with Crippen molar-refractivity contribution in [1.29, 1.82) is 0 Å². The average molecular weight is 266 g/mol. The van der Waals surface area contributed by atoms with Crippen LogP contribution in [0.1, 0.15) is 11.8 Å². The van der Waals surface area contributed by atoms with E-state index in [0.29, 0.717) is 15.7 Å². The topological polar surface area (TPSA) is 23.5 Å². The molecule has 1 aliphatic heterocycles. The van der Waals surface area contributed by atoms with Crippen LogP contribution >= 0.6 is 23.2 Å². The molecule has 0 spiro atoms. The predicted molar refractivity (Wildman–Crippen MR) is 70.0 cm³/mol. The molecule has 2 aromatic carbocycles. The number of nitrogens with zero attached hydrogens (tertiary/aromatic N) is 1. The Bertz CT molecular complexity index is 565. The van der Waals surface area contributed by atoms with E-state index in [-0.39, 0.29) is 0 Å². The van der Waals surface area contributed by atoms with Crippen LogP contribution in [-0.2, 0) is 0 Å². The zero-order valence-corrected chi connectivity index (χ0v) is 10.3. The third-order valence-electron chi connectivity index (χ3n) is 2.90. The summed E-state index contributed by atoms with van der Waals surface area (Å²) >= 11 is 12.3. The molecule has 1 N–H and O–H groups in total. The van der Waals surface area contributed by atoms with Gasteiger partial charge in [0.2, 0.25) is 0 Å². The fourth-order valence-electron chi connectivity index (χ4n) is 2.09. The molecule has 0 fully saturated rings. The summed E-state index contributed by atoms with van der Waals surface area (Å²) in [6.45, 7) is 0. The maximum atomic E-state index is 10.1. The standard InChI is InChI=1S/C13H9Cl2NO/c14-9-5-3-6-10(15)12(9)16-11-7-2-1-4-8(11)13(16)17/h1-7,13,17H. The number of aliphatic hydroxyl groups is 1. The molecule has 1 aliphatic rings. The third kappa shape index (κ3) is 1.53. The average Bonchev–Trinajstić information content (AvgIpc) is 2.33. The highest BCUT2D eigenvalue weighted by molar-refractivity contribution is 6.39. The smallest absolute Gasteiger partial charge is 0.159 e. The van der Waals surface area contributed by atoms with Crippen molar-refractivity contribution in [1.82, 2.24) is 0 Å². The lowest BCUT2D eigenvalue weighted by atomic mass is 10.00. The van der Waals surface area contributed by atoms with Gasteiger partial charge in [0.15, 0.2) is 6.23 Å². The number of aliphatic hydroxyl groups excluding tert-OH is 1. The molecule has 0 bridgehead atoms. The van der Waals surface area contributed by atoms with Gasteiger partial charge < -0.3 is 10.0 Å². The minimum Gasteiger partial charge on any atom is -0.369 e. The first-order valence-electron chi connectivity index (χ1n) is 5.20. The minimum absolute atomic E-state index is 0.533. The predicted octanol–water partition coefficient (Wildman–Crippen LogP) is 4.14. The van der Waals surface area contributed by atoms with Crippen molar-refractivity contribution in [2.75, 3.05) is 4.90 Å². The van der Waals surface area contributed by atoms with Gasteiger partial charge in [-0.05, 0) is 18.2 Å². The second kappa shape index (κ2) is 3.91. The number of hydrogen-bond acceptors (Lipinski definition) is 2. The fraction of sp³-hybridized carbons (Fsp3) is 0.0769. The van der Waals surface area contributed by atoms with Crippen LogP contribution in [0.2, 0.25) is 10.0 Å². The van der Waals surface area contributed by atoms with Crippen LogP contribution in [0, 0.1) is 0 Å². The van der Waals surface area contributed by atoms with Crippen molar-refractivity contribution < 1.29 is 5.11 Å². The molecule has 0 amide bonds. The highest BCUT2D eigenvalue weighted by Gasteiger charge is 2.35. The van der Waals surface area contributed by atoms with E-state index in [1.807, 2.05) is 24.3 Å². The lowest BCUT2D eigenvalue weighted by Gasteiger charge is -2.41. The van der Waals surface area contributed by atoms with E-state index in [1.165, 1.54) is 0 Å². The summed E-state index contributed by atoms with van der Waals surface area (Å²) < 4.78 is 0. The number of rotatable bonds is 1. The summed E-state index contributed by atoms with van der Waals surface area (Å²) in [4.78, 5) is 1.74. The van der Waals surface area contributed by atoms with E-state index >= 15 is 0 Å². The summed E-state index contributed by atoms with van der Waals surface area (Å²) in [6.07, 6.45) is -0.677. The van der Waals surface area contributed by atoms with Crippen molar-refractivity contribution in [3.63, 3.8) is 0 Å². The van der Waals surface area contributed by atoms with Gasteiger partial charge in [-0.25, -0.2) is 0 Å². The summed E-state index contributed by atoms with van der Waals surface area (Å²) in [5.74, 6) is 0. The number of para-hydroxylation sites is 2. The van der Waals surface area contributed by atoms with Crippen LogP contribution in [0.25, 0.3) is 0 Å². The summed E-state index contributed by atoms with van der Waals surface area (Å²) in [6, 6.07) is 12.9. The molecule has 2 aromatic rings. The molecule has 0 radical (unpaired) electrons. The molecule has 1 heterocycles. The van der Waals surface area contributed by atoms with Gasteiger partial charge in [0.05, 0.1) is 21.4 Å². The van der Waals surface area contributed by atoms with E-state index in [2.05, 4.69) is 0 Å². The molecule has 0 aliphatic carbocycles. The first-order valence-corrected chi connectivity index (χ1v) is 5.96. The van der Waals surface area contributed by atoms with Crippen molar-refractivity contribution >= 4 is 34.6 Å². The van der Waals surface area contributed by atoms with E-state index in [9.17, 15) is 5.11 Å². The molecule has 0 saturated heterocycles. The molecule has 2 nitrogen and oxygen atoms in total. The Morgan fingerprint density at radius 1 is 0.941 bits per heavy atom. The number of benzene rings is 2. The van der Waals surface area contributed by atoms with Crippen molar-refractivity contribution in [2.24, 2.45) is 0 Å². The first kappa shape index (κ1) is 10.9. The van der Waals surface area contributed by atoms with E-state index in [0.717, 1.165) is 11.3 Å². The Morgan fingerprint density at radius 2 is 1.59 bits per heavy atom. The number of anilines is 2. The quantitative estimate of drug-likeness (QED) is 0.838. The fourth-order valence-corrected chi connectivity index (χ4v) is 2.67. The van der Waals surface area contributed by atoms with Gasteiger partial charge >= 0.3 is 0 Å². The van der Waals surface area contributed by atoms with Crippen LogP contribution in [0.3, 0.4) is 0 Å². The van der Waals surface area contributed by atoms with E-state index < -0.39 is 6.23 Å². The minimum atomic E-state index is -0.677. The SMILES string of the molecule is OC1c2ccccc2N1c1c(Cl)cccc1Cl. The van der Waals surface area contributed by atoms with E-state index in [4.69, 9.17) is 23.2 Å². The molecule has 1 unspecified atom stereocenters. The number of fused-ring (bicyclic) bond motifs is 1. The monoisotopic (exact) mass is 265 g/mol. The van der Waals surface area contributed by atoms with Gasteiger partial charge in [-0.2, -0.15) is 0 Å². The van der Waals surface area contributed by atoms with Gasteiger partial charge in [-0.1, -0.05) is 47.5 Å². The zero-order valence-electron chi connectivity index (χ0n) is 8.77. The summed E-state index contributed by atoms with van der Waals surface area (Å²) in [5.41, 5.74) is 2.49. The maximum Gasteiger partial charge on any atom is 0.159 e. The largest absolute Gasteiger partial charge is 0.369 e. The van der Waals surface area contributed by atoms with Gasteiger partial charge in [0.1, 0.15) is 0 Å². The molecular weight excluding hydrogens is 257 g/mol. The van der Waals surface area contributed by atoms with Crippen molar-refractivity contribution in [2.45, 2.75) is 6.23 Å². The normalized spacial score (nSPS) is 17.6. The second-order valence-electron chi connectivity index (χ2n) is 3.87. The van der Waals surface area contributed by atoms with Crippen LogP contribution in [0.15, 0.2) is 42.5 Å². The van der Waals surface area contributed by atoms with Crippen molar-refractivity contribution in [3.05, 3.63) is 58.1 Å². The number of hydrogen-bond donors (Lipinski definition) is 1. The third-order valence-corrected chi connectivity index (χ3v) is 3.51. The van der Waals surface area contributed by atoms with Gasteiger partial charge in [0, 0.05) is 5.56 Å². The van der Waals surface area contributed by atoms with Crippen LogP contribution in [0.5, 0.6) is 0 Å². The van der Waals surface area contributed by atoms with Crippen LogP contribution < -0.4 is 4.90 Å². The molecule has 17 heavy (non-hydrogen) atoms. The molecular formula is C13H9Cl2NO. The molecule has 4 heteroatoms. The van der Waals surface area contributed by atoms with Gasteiger partial charge in [-0.15, -0.1) is 0 Å². The number of halogens is 2. The lowest BCUT2D eigenvalue weighted by molar-refractivity contribution is 0.166. The van der Waals surface area contributed by atoms with Gasteiger partial charge in [-0.3, -0.25) is 0 Å².